The third-order valence-corrected chi connectivity index (χ3v) is 6.67. The van der Waals surface area contributed by atoms with Gasteiger partial charge in [0.2, 0.25) is 5.91 Å². The molecular weight excluding hydrogens is 527 g/mol. The number of hydrogen-bond acceptors (Lipinski definition) is 4. The second-order valence-corrected chi connectivity index (χ2v) is 9.05. The number of aliphatic imine (C=N–C) groups is 1. The van der Waals surface area contributed by atoms with Crippen LogP contribution in [0.3, 0.4) is 0 Å². The van der Waals surface area contributed by atoms with E-state index in [0.717, 1.165) is 77.7 Å². The Morgan fingerprint density at radius 1 is 1.06 bits per heavy atom. The van der Waals surface area contributed by atoms with Crippen molar-refractivity contribution < 1.29 is 4.79 Å². The van der Waals surface area contributed by atoms with Gasteiger partial charge in [0.05, 0.1) is 12.6 Å². The zero-order valence-electron chi connectivity index (χ0n) is 20.9. The fraction of sp³-hybridized carbons (Fsp3) is 0.680. The Hall–Kier alpha value is -1.39. The summed E-state index contributed by atoms with van der Waals surface area (Å²) >= 11 is 0. The van der Waals surface area contributed by atoms with E-state index in [4.69, 9.17) is 4.99 Å². The van der Waals surface area contributed by atoms with E-state index in [1.54, 1.807) is 0 Å². The molecule has 8 heteroatoms. The maximum absolute atomic E-state index is 12.8. The monoisotopic (exact) mass is 570 g/mol. The molecule has 1 aromatic rings. The fourth-order valence-corrected chi connectivity index (χ4v) is 4.52. The highest BCUT2D eigenvalue weighted by molar-refractivity contribution is 14.0. The normalized spacial score (nSPS) is 18.4. The number of piperazine rings is 1. The summed E-state index contributed by atoms with van der Waals surface area (Å²) in [5.74, 6) is 1.27. The summed E-state index contributed by atoms with van der Waals surface area (Å²) in [5.41, 5.74) is 2.57. The van der Waals surface area contributed by atoms with Crippen molar-refractivity contribution in [2.75, 3.05) is 59.4 Å². The van der Waals surface area contributed by atoms with Crippen LogP contribution in [0.2, 0.25) is 0 Å². The lowest BCUT2D eigenvalue weighted by atomic mass is 10.1. The van der Waals surface area contributed by atoms with E-state index in [9.17, 15) is 4.79 Å². The number of nitrogens with zero attached hydrogens (tertiary/aromatic N) is 5. The van der Waals surface area contributed by atoms with Gasteiger partial charge in [0, 0.05) is 52.4 Å². The molecule has 3 rings (SSSR count). The van der Waals surface area contributed by atoms with E-state index in [1.165, 1.54) is 11.1 Å². The Balaban J connectivity index is 0.00000385. The van der Waals surface area contributed by atoms with Crippen molar-refractivity contribution in [2.24, 2.45) is 4.99 Å². The lowest BCUT2D eigenvalue weighted by molar-refractivity contribution is -0.135. The number of rotatable bonds is 8. The van der Waals surface area contributed by atoms with Gasteiger partial charge in [-0.05, 0) is 51.4 Å². The van der Waals surface area contributed by atoms with E-state index in [1.807, 2.05) is 4.90 Å². The quantitative estimate of drug-likeness (QED) is 0.296. The first-order chi connectivity index (χ1) is 15.5. The van der Waals surface area contributed by atoms with E-state index >= 15 is 0 Å². The Morgan fingerprint density at radius 2 is 1.73 bits per heavy atom. The van der Waals surface area contributed by atoms with Gasteiger partial charge in [0.15, 0.2) is 5.96 Å². The summed E-state index contributed by atoms with van der Waals surface area (Å²) in [6.07, 6.45) is 2.29. The first-order valence-electron chi connectivity index (χ1n) is 12.3. The molecule has 2 heterocycles. The predicted molar refractivity (Wildman–Crippen MR) is 147 cm³/mol. The van der Waals surface area contributed by atoms with Gasteiger partial charge in [-0.1, -0.05) is 31.2 Å². The summed E-state index contributed by atoms with van der Waals surface area (Å²) in [7, 11) is 2.15. The number of guanidine groups is 1. The van der Waals surface area contributed by atoms with E-state index in [0.29, 0.717) is 12.5 Å². The summed E-state index contributed by atoms with van der Waals surface area (Å²) in [6, 6.07) is 8.72. The smallest absolute Gasteiger partial charge is 0.239 e. The van der Waals surface area contributed by atoms with Crippen molar-refractivity contribution in [1.29, 1.82) is 0 Å². The maximum atomic E-state index is 12.8. The Labute approximate surface area is 217 Å². The standard InChI is InChI=1S/C25H42N6O.HI/c1-5-26-25(27-19-22-10-9-11-23(18-22)20-28(4)6-2)31-16-14-29(15-17-31)21(3)24(32)30-12-7-8-13-30;/h9-11,18,21H,5-8,12-17,19-20H2,1-4H3,(H,26,27);1H. The number of amides is 1. The van der Waals surface area contributed by atoms with E-state index in [-0.39, 0.29) is 30.0 Å². The van der Waals surface area contributed by atoms with Crippen molar-refractivity contribution in [3.8, 4) is 0 Å². The third kappa shape index (κ3) is 8.10. The third-order valence-electron chi connectivity index (χ3n) is 6.67. The van der Waals surface area contributed by atoms with Crippen LogP contribution >= 0.6 is 24.0 Å². The fourth-order valence-electron chi connectivity index (χ4n) is 4.52. The predicted octanol–water partition coefficient (Wildman–Crippen LogP) is 2.85. The molecule has 0 bridgehead atoms. The van der Waals surface area contributed by atoms with E-state index < -0.39 is 0 Å². The van der Waals surface area contributed by atoms with Crippen LogP contribution in [-0.4, -0.2) is 96.9 Å². The molecule has 1 unspecified atom stereocenters. The molecule has 1 N–H and O–H groups in total. The van der Waals surface area contributed by atoms with Crippen molar-refractivity contribution in [2.45, 2.75) is 52.7 Å². The Bertz CT molecular complexity index is 759. The number of likely N-dealkylation sites (tertiary alicyclic amines) is 1. The lowest BCUT2D eigenvalue weighted by Gasteiger charge is -2.39. The highest BCUT2D eigenvalue weighted by atomic mass is 127. The van der Waals surface area contributed by atoms with Gasteiger partial charge < -0.3 is 20.0 Å². The highest BCUT2D eigenvalue weighted by Gasteiger charge is 2.30. The largest absolute Gasteiger partial charge is 0.357 e. The molecule has 1 atom stereocenters. The van der Waals surface area contributed by atoms with Crippen LogP contribution < -0.4 is 5.32 Å². The van der Waals surface area contributed by atoms with Crippen LogP contribution in [-0.2, 0) is 17.9 Å². The molecule has 7 nitrogen and oxygen atoms in total. The molecule has 0 spiro atoms. The van der Waals surface area contributed by atoms with Crippen molar-refractivity contribution in [1.82, 2.24) is 24.9 Å². The van der Waals surface area contributed by atoms with Gasteiger partial charge in [0.25, 0.3) is 0 Å². The molecule has 2 aliphatic heterocycles. The molecule has 2 fully saturated rings. The van der Waals surface area contributed by atoms with Gasteiger partial charge in [-0.15, -0.1) is 24.0 Å². The van der Waals surface area contributed by atoms with Gasteiger partial charge >= 0.3 is 0 Å². The SMILES string of the molecule is CCNC(=NCc1cccc(CN(C)CC)c1)N1CCN(C(C)C(=O)N2CCCC2)CC1.I. The van der Waals surface area contributed by atoms with Gasteiger partial charge in [-0.3, -0.25) is 9.69 Å². The molecule has 0 saturated carbocycles. The summed E-state index contributed by atoms with van der Waals surface area (Å²) in [6.45, 7) is 15.3. The molecule has 1 amide bonds. The topological polar surface area (TPSA) is 54.4 Å². The molecule has 33 heavy (non-hydrogen) atoms. The molecule has 1 aromatic carbocycles. The van der Waals surface area contributed by atoms with Crippen molar-refractivity contribution >= 4 is 35.8 Å². The first-order valence-corrected chi connectivity index (χ1v) is 12.3. The zero-order valence-corrected chi connectivity index (χ0v) is 23.3. The molecule has 0 aromatic heterocycles. The van der Waals surface area contributed by atoms with Crippen LogP contribution in [0, 0.1) is 0 Å². The second kappa shape index (κ2) is 14.1. The zero-order chi connectivity index (χ0) is 22.9. The van der Waals surface area contributed by atoms with Crippen molar-refractivity contribution in [3.05, 3.63) is 35.4 Å². The minimum absolute atomic E-state index is 0. The number of carbonyl (C=O) groups is 1. The summed E-state index contributed by atoms with van der Waals surface area (Å²) < 4.78 is 0. The number of halogens is 1. The van der Waals surface area contributed by atoms with Gasteiger partial charge in [0.1, 0.15) is 0 Å². The maximum Gasteiger partial charge on any atom is 0.239 e. The highest BCUT2D eigenvalue weighted by Crippen LogP contribution is 2.14. The van der Waals surface area contributed by atoms with E-state index in [2.05, 4.69) is 72.1 Å². The number of carbonyl (C=O) groups excluding carboxylic acids is 1. The molecule has 0 radical (unpaired) electrons. The van der Waals surface area contributed by atoms with Crippen LogP contribution in [0.5, 0.6) is 0 Å². The molecule has 0 aliphatic carbocycles. The second-order valence-electron chi connectivity index (χ2n) is 9.05. The average Bonchev–Trinajstić information content (AvgIpc) is 3.36. The molecule has 2 aliphatic rings. The summed E-state index contributed by atoms with van der Waals surface area (Å²) in [5, 5.41) is 3.46. The van der Waals surface area contributed by atoms with Crippen molar-refractivity contribution in [3.63, 3.8) is 0 Å². The summed E-state index contributed by atoms with van der Waals surface area (Å²) in [4.78, 5) is 26.7. The van der Waals surface area contributed by atoms with Crippen LogP contribution in [0.25, 0.3) is 0 Å². The van der Waals surface area contributed by atoms with Crippen LogP contribution in [0.15, 0.2) is 29.3 Å². The number of benzene rings is 1. The first kappa shape index (κ1) is 27.9. The Kier molecular flexibility index (Phi) is 11.9. The minimum Gasteiger partial charge on any atom is -0.357 e. The van der Waals surface area contributed by atoms with Crippen LogP contribution in [0.4, 0.5) is 0 Å². The molecular formula is C25H43IN6O. The van der Waals surface area contributed by atoms with Gasteiger partial charge in [-0.25, -0.2) is 4.99 Å². The molecule has 186 valence electrons. The number of hydrogen-bond donors (Lipinski definition) is 1. The number of nitrogens with one attached hydrogen (secondary N) is 1. The average molecular weight is 571 g/mol. The van der Waals surface area contributed by atoms with Crippen LogP contribution in [0.1, 0.15) is 44.7 Å². The minimum atomic E-state index is -0.0289. The lowest BCUT2D eigenvalue weighted by Crippen LogP contribution is -2.57. The van der Waals surface area contributed by atoms with Gasteiger partial charge in [-0.2, -0.15) is 0 Å². The Morgan fingerprint density at radius 3 is 2.36 bits per heavy atom. The molecule has 2 saturated heterocycles.